The van der Waals surface area contributed by atoms with Crippen molar-refractivity contribution in [2.75, 3.05) is 18.4 Å². The summed E-state index contributed by atoms with van der Waals surface area (Å²) >= 11 is 1.81. The number of nitrogens with one attached hydrogen (secondary N) is 1. The van der Waals surface area contributed by atoms with E-state index in [-0.39, 0.29) is 5.91 Å². The number of amides is 1. The van der Waals surface area contributed by atoms with Crippen molar-refractivity contribution in [3.8, 4) is 0 Å². The Kier molecular flexibility index (Phi) is 4.91. The molecule has 3 nitrogen and oxygen atoms in total. The zero-order chi connectivity index (χ0) is 17.2. The van der Waals surface area contributed by atoms with E-state index in [4.69, 9.17) is 0 Å². The van der Waals surface area contributed by atoms with Gasteiger partial charge in [0.05, 0.1) is 0 Å². The summed E-state index contributed by atoms with van der Waals surface area (Å²) < 4.78 is 0. The maximum absolute atomic E-state index is 12.7. The predicted molar refractivity (Wildman–Crippen MR) is 104 cm³/mol. The zero-order valence-corrected chi connectivity index (χ0v) is 15.7. The summed E-state index contributed by atoms with van der Waals surface area (Å²) in [5, 5.41) is 4.31. The molecular weight excluding hydrogens is 328 g/mol. The zero-order valence-electron chi connectivity index (χ0n) is 14.9. The van der Waals surface area contributed by atoms with Gasteiger partial charge in [-0.3, -0.25) is 9.69 Å². The Balaban J connectivity index is 1.62. The van der Waals surface area contributed by atoms with Crippen LogP contribution in [0.5, 0.6) is 0 Å². The van der Waals surface area contributed by atoms with Gasteiger partial charge in [0, 0.05) is 22.5 Å². The van der Waals surface area contributed by atoms with E-state index in [1.807, 2.05) is 41.7 Å². The highest BCUT2D eigenvalue weighted by Crippen LogP contribution is 2.40. The van der Waals surface area contributed by atoms with Crippen LogP contribution in [-0.4, -0.2) is 23.9 Å². The highest BCUT2D eigenvalue weighted by atomic mass is 32.1. The minimum absolute atomic E-state index is 0.00918. The van der Waals surface area contributed by atoms with Gasteiger partial charge in [-0.15, -0.1) is 11.3 Å². The van der Waals surface area contributed by atoms with Crippen LogP contribution in [0.15, 0.2) is 30.3 Å². The van der Waals surface area contributed by atoms with Crippen LogP contribution in [0.25, 0.3) is 0 Å². The molecule has 2 aliphatic rings. The second-order valence-corrected chi connectivity index (χ2v) is 8.57. The third-order valence-electron chi connectivity index (χ3n) is 5.46. The van der Waals surface area contributed by atoms with Gasteiger partial charge in [-0.05, 0) is 68.8 Å². The number of carbonyl (C=O) groups excluding carboxylic acids is 1. The number of hydrogen-bond acceptors (Lipinski definition) is 3. The number of thiophene rings is 1. The Morgan fingerprint density at radius 3 is 2.76 bits per heavy atom. The topological polar surface area (TPSA) is 32.3 Å². The summed E-state index contributed by atoms with van der Waals surface area (Å²) in [6.45, 7) is 5.70. The monoisotopic (exact) mass is 354 g/mol. The normalized spacial score (nSPS) is 20.4. The van der Waals surface area contributed by atoms with Gasteiger partial charge < -0.3 is 5.32 Å². The maximum Gasteiger partial charge on any atom is 0.256 e. The minimum atomic E-state index is 0.00918. The van der Waals surface area contributed by atoms with Crippen LogP contribution in [-0.2, 0) is 19.4 Å². The quantitative estimate of drug-likeness (QED) is 0.861. The van der Waals surface area contributed by atoms with Crippen LogP contribution in [0.2, 0.25) is 0 Å². The third-order valence-corrected chi connectivity index (χ3v) is 6.68. The molecule has 2 aromatic rings. The second-order valence-electron chi connectivity index (χ2n) is 7.46. The molecule has 4 heteroatoms. The molecule has 1 aliphatic carbocycles. The van der Waals surface area contributed by atoms with Crippen LogP contribution in [0.3, 0.4) is 0 Å². The first-order valence-corrected chi connectivity index (χ1v) is 10.2. The van der Waals surface area contributed by atoms with Gasteiger partial charge in [-0.1, -0.05) is 25.1 Å². The van der Waals surface area contributed by atoms with Crippen molar-refractivity contribution in [1.29, 1.82) is 0 Å². The molecule has 1 N–H and O–H groups in total. The summed E-state index contributed by atoms with van der Waals surface area (Å²) in [5.41, 5.74) is 3.64. The highest BCUT2D eigenvalue weighted by molar-refractivity contribution is 7.16. The van der Waals surface area contributed by atoms with Gasteiger partial charge in [0.2, 0.25) is 0 Å². The Bertz CT molecular complexity index is 747. The fraction of sp³-hybridized carbons (Fsp3) is 0.476. The van der Waals surface area contributed by atoms with Crippen LogP contribution < -0.4 is 5.32 Å². The van der Waals surface area contributed by atoms with Crippen molar-refractivity contribution >= 4 is 22.2 Å². The van der Waals surface area contributed by atoms with Crippen molar-refractivity contribution in [2.45, 2.75) is 45.6 Å². The van der Waals surface area contributed by atoms with Gasteiger partial charge >= 0.3 is 0 Å². The van der Waals surface area contributed by atoms with E-state index in [1.165, 1.54) is 48.4 Å². The summed E-state index contributed by atoms with van der Waals surface area (Å²) in [5.74, 6) is 0.762. The highest BCUT2D eigenvalue weighted by Gasteiger charge is 2.26. The average Bonchev–Trinajstić information content (AvgIpc) is 3.24. The molecule has 2 heterocycles. The smallest absolute Gasteiger partial charge is 0.256 e. The standard InChI is InChI=1S/C21H26N2OS/c1-15-9-10-17-18(14-23-11-5-6-12-23)21(25-19(17)13-15)22-20(24)16-7-3-2-4-8-16/h2-4,7-8,15H,5-6,9-14H2,1H3,(H,22,24)/t15-/m1/s1. The van der Waals surface area contributed by atoms with Crippen molar-refractivity contribution in [3.05, 3.63) is 51.9 Å². The number of anilines is 1. The SMILES string of the molecule is C[C@@H]1CCc2c(sc(NC(=O)c3ccccc3)c2CN2CCCC2)C1. The number of hydrogen-bond donors (Lipinski definition) is 1. The van der Waals surface area contributed by atoms with Gasteiger partial charge in [-0.2, -0.15) is 0 Å². The maximum atomic E-state index is 12.7. The molecule has 0 radical (unpaired) electrons. The fourth-order valence-corrected chi connectivity index (χ4v) is 5.43. The molecule has 25 heavy (non-hydrogen) atoms. The van der Waals surface area contributed by atoms with E-state index in [0.29, 0.717) is 0 Å². The van der Waals surface area contributed by atoms with Gasteiger partial charge in [-0.25, -0.2) is 0 Å². The van der Waals surface area contributed by atoms with Gasteiger partial charge in [0.25, 0.3) is 5.91 Å². The molecule has 1 saturated heterocycles. The molecule has 1 atom stereocenters. The molecule has 1 fully saturated rings. The Hall–Kier alpha value is -1.65. The lowest BCUT2D eigenvalue weighted by molar-refractivity contribution is 0.102. The molecule has 0 spiro atoms. The lowest BCUT2D eigenvalue weighted by Crippen LogP contribution is -2.21. The lowest BCUT2D eigenvalue weighted by Gasteiger charge is -2.21. The van der Waals surface area contributed by atoms with Crippen molar-refractivity contribution in [2.24, 2.45) is 5.92 Å². The van der Waals surface area contributed by atoms with Crippen LogP contribution in [0.4, 0.5) is 5.00 Å². The van der Waals surface area contributed by atoms with Crippen molar-refractivity contribution < 1.29 is 4.79 Å². The molecule has 0 unspecified atom stereocenters. The summed E-state index contributed by atoms with van der Waals surface area (Å²) in [7, 11) is 0. The molecule has 1 aliphatic heterocycles. The summed E-state index contributed by atoms with van der Waals surface area (Å²) in [6, 6.07) is 9.54. The molecule has 132 valence electrons. The molecule has 0 bridgehead atoms. The van der Waals surface area contributed by atoms with Crippen molar-refractivity contribution in [1.82, 2.24) is 4.90 Å². The summed E-state index contributed by atoms with van der Waals surface area (Å²) in [4.78, 5) is 16.7. The van der Waals surface area contributed by atoms with Gasteiger partial charge in [0.15, 0.2) is 0 Å². The van der Waals surface area contributed by atoms with E-state index < -0.39 is 0 Å². The first kappa shape index (κ1) is 16.8. The molecule has 4 rings (SSSR count). The van der Waals surface area contributed by atoms with E-state index in [0.717, 1.165) is 35.9 Å². The van der Waals surface area contributed by atoms with E-state index in [1.54, 1.807) is 0 Å². The van der Waals surface area contributed by atoms with E-state index >= 15 is 0 Å². The second kappa shape index (κ2) is 7.30. The van der Waals surface area contributed by atoms with Crippen LogP contribution >= 0.6 is 11.3 Å². The molecule has 1 aromatic heterocycles. The van der Waals surface area contributed by atoms with E-state index in [9.17, 15) is 4.79 Å². The Morgan fingerprint density at radius 1 is 1.24 bits per heavy atom. The number of fused-ring (bicyclic) bond motifs is 1. The first-order valence-electron chi connectivity index (χ1n) is 9.43. The summed E-state index contributed by atoms with van der Waals surface area (Å²) in [6.07, 6.45) is 6.19. The molecular formula is C21H26N2OS. The minimum Gasteiger partial charge on any atom is -0.313 e. The Morgan fingerprint density at radius 2 is 2.00 bits per heavy atom. The number of likely N-dealkylation sites (tertiary alicyclic amines) is 1. The number of carbonyl (C=O) groups is 1. The lowest BCUT2D eigenvalue weighted by atomic mass is 9.88. The third kappa shape index (κ3) is 3.65. The number of benzene rings is 1. The van der Waals surface area contributed by atoms with Crippen LogP contribution in [0, 0.1) is 5.92 Å². The first-order chi connectivity index (χ1) is 12.2. The largest absolute Gasteiger partial charge is 0.313 e. The van der Waals surface area contributed by atoms with Crippen molar-refractivity contribution in [3.63, 3.8) is 0 Å². The number of nitrogens with zero attached hydrogens (tertiary/aromatic N) is 1. The number of rotatable bonds is 4. The fourth-order valence-electron chi connectivity index (χ4n) is 4.01. The average molecular weight is 355 g/mol. The Labute approximate surface area is 154 Å². The predicted octanol–water partition coefficient (Wildman–Crippen LogP) is 4.72. The molecule has 1 aromatic carbocycles. The van der Waals surface area contributed by atoms with E-state index in [2.05, 4.69) is 17.1 Å². The van der Waals surface area contributed by atoms with Crippen LogP contribution in [0.1, 0.15) is 52.5 Å². The molecule has 0 saturated carbocycles. The van der Waals surface area contributed by atoms with Gasteiger partial charge in [0.1, 0.15) is 5.00 Å². The molecule has 1 amide bonds.